The Bertz CT molecular complexity index is 4300. The van der Waals surface area contributed by atoms with Crippen LogP contribution in [0, 0.1) is 0 Å². The number of thiophene rings is 1. The minimum atomic E-state index is 0.0580. The molecule has 276 valence electrons. The van der Waals surface area contributed by atoms with E-state index < -0.39 is 0 Å². The Hall–Kier alpha value is -7.47. The second kappa shape index (κ2) is 10.1. The molecular weight excluding hydrogens is 760 g/mol. The van der Waals surface area contributed by atoms with Crippen LogP contribution in [0.25, 0.3) is 103 Å². The van der Waals surface area contributed by atoms with Gasteiger partial charge < -0.3 is 18.4 Å². The lowest BCUT2D eigenvalue weighted by Crippen LogP contribution is -2.59. The van der Waals surface area contributed by atoms with Crippen LogP contribution in [0.2, 0.25) is 0 Å². The first-order chi connectivity index (χ1) is 30.3. The van der Waals surface area contributed by atoms with Gasteiger partial charge in [0.25, 0.3) is 13.4 Å². The number of hydrogen-bond acceptors (Lipinski definition) is 2. The topological polar surface area (TPSA) is 24.0 Å². The minimum Gasteiger partial charge on any atom is -0.458 e. The van der Waals surface area contributed by atoms with Gasteiger partial charge in [-0.3, -0.25) is 0 Å². The van der Waals surface area contributed by atoms with Crippen molar-refractivity contribution in [3.05, 3.63) is 164 Å². The number of aromatic nitrogens is 3. The molecule has 0 saturated heterocycles. The van der Waals surface area contributed by atoms with Crippen LogP contribution in [0.15, 0.2) is 164 Å². The normalized spacial score (nSPS) is 14.0. The van der Waals surface area contributed by atoms with Crippen molar-refractivity contribution >= 4 is 143 Å². The van der Waals surface area contributed by atoms with E-state index in [1.807, 2.05) is 11.3 Å². The maximum Gasteiger partial charge on any atom is 0.256 e. The summed E-state index contributed by atoms with van der Waals surface area (Å²) in [7, 11) is 0. The summed E-state index contributed by atoms with van der Waals surface area (Å²) < 4.78 is 17.2. The van der Waals surface area contributed by atoms with Crippen molar-refractivity contribution < 1.29 is 4.74 Å². The molecule has 13 aromatic rings. The predicted octanol–water partition coefficient (Wildman–Crippen LogP) is 9.42. The monoisotopic (exact) mass is 787 g/mol. The zero-order valence-electron chi connectivity index (χ0n) is 32.4. The summed E-state index contributed by atoms with van der Waals surface area (Å²) in [4.78, 5) is 0. The van der Waals surface area contributed by atoms with Gasteiger partial charge in [-0.1, -0.05) is 109 Å². The van der Waals surface area contributed by atoms with Gasteiger partial charge >= 0.3 is 0 Å². The van der Waals surface area contributed by atoms with E-state index >= 15 is 0 Å². The average Bonchev–Trinajstić information content (AvgIpc) is 4.04. The highest BCUT2D eigenvalue weighted by Gasteiger charge is 2.43. The Morgan fingerprint density at radius 1 is 0.344 bits per heavy atom. The van der Waals surface area contributed by atoms with Gasteiger partial charge in [0.1, 0.15) is 11.5 Å². The van der Waals surface area contributed by atoms with Crippen molar-refractivity contribution in [2.45, 2.75) is 0 Å². The molecule has 4 aliphatic rings. The van der Waals surface area contributed by atoms with Crippen LogP contribution in [0.1, 0.15) is 0 Å². The summed E-state index contributed by atoms with van der Waals surface area (Å²) >= 11 is 1.85. The molecule has 61 heavy (non-hydrogen) atoms. The van der Waals surface area contributed by atoms with E-state index in [9.17, 15) is 0 Å². The zero-order valence-corrected chi connectivity index (χ0v) is 33.2. The summed E-state index contributed by atoms with van der Waals surface area (Å²) in [5.41, 5.74) is 19.4. The Balaban J connectivity index is 0.984. The molecule has 7 heteroatoms. The predicted molar refractivity (Wildman–Crippen MR) is 258 cm³/mol. The number of rotatable bonds is 0. The van der Waals surface area contributed by atoms with Crippen molar-refractivity contribution in [3.63, 3.8) is 0 Å². The maximum atomic E-state index is 6.93. The third-order valence-electron chi connectivity index (χ3n) is 14.9. The van der Waals surface area contributed by atoms with Gasteiger partial charge in [0, 0.05) is 86.1 Å². The van der Waals surface area contributed by atoms with Crippen LogP contribution in [0.5, 0.6) is 11.5 Å². The van der Waals surface area contributed by atoms with Crippen LogP contribution in [-0.4, -0.2) is 27.1 Å². The maximum absolute atomic E-state index is 6.93. The number of ether oxygens (including phenoxy) is 1. The van der Waals surface area contributed by atoms with Crippen molar-refractivity contribution in [3.8, 4) is 28.6 Å². The molecule has 17 rings (SSSR count). The van der Waals surface area contributed by atoms with E-state index in [0.717, 1.165) is 11.5 Å². The fourth-order valence-electron chi connectivity index (χ4n) is 12.7. The fourth-order valence-corrected chi connectivity index (χ4v) is 13.8. The molecule has 0 unspecified atom stereocenters. The standard InChI is InChI=1S/C54H27B2N3OS/c1-3-18-40-28(10-1)30-12-5-15-36-52(30)57(40)41-19-8-20-42-50(41)55(36)37-16-6-13-31-33-24-34-32-14-7-17-38-54(32)59(45(34)26-44(33)58(42)53(31)37)43-21-9-22-46-51(43)56(38)39-25-35-29-11-2-4-23-48(29)61-49(35)27-47(39)60-46/h1-27H. The lowest BCUT2D eigenvalue weighted by molar-refractivity contribution is 0.488. The Morgan fingerprint density at radius 3 is 1.59 bits per heavy atom. The summed E-state index contributed by atoms with van der Waals surface area (Å²) in [6.45, 7) is 0.191. The van der Waals surface area contributed by atoms with Crippen molar-refractivity contribution in [2.24, 2.45) is 0 Å². The molecule has 0 bridgehead atoms. The summed E-state index contributed by atoms with van der Waals surface area (Å²) in [5.74, 6) is 1.91. The van der Waals surface area contributed by atoms with Gasteiger partial charge in [-0.25, -0.2) is 0 Å². The largest absolute Gasteiger partial charge is 0.458 e. The lowest BCUT2D eigenvalue weighted by Gasteiger charge is -2.33. The van der Waals surface area contributed by atoms with E-state index in [-0.39, 0.29) is 13.4 Å². The van der Waals surface area contributed by atoms with E-state index in [1.165, 1.54) is 135 Å². The van der Waals surface area contributed by atoms with Gasteiger partial charge in [-0.15, -0.1) is 11.3 Å². The van der Waals surface area contributed by atoms with Crippen molar-refractivity contribution in [2.75, 3.05) is 0 Å². The zero-order chi connectivity index (χ0) is 39.0. The van der Waals surface area contributed by atoms with Gasteiger partial charge in [-0.05, 0) is 87.4 Å². The van der Waals surface area contributed by atoms with Crippen LogP contribution >= 0.6 is 11.3 Å². The summed E-state index contributed by atoms with van der Waals surface area (Å²) in [6, 6.07) is 62.0. The number of hydrogen-bond donors (Lipinski definition) is 0. The fraction of sp³-hybridized carbons (Fsp3) is 0. The summed E-state index contributed by atoms with van der Waals surface area (Å²) in [5, 5.41) is 10.4. The second-order valence-corrected chi connectivity index (χ2v) is 18.6. The molecule has 0 amide bonds. The SMILES string of the molecule is c1cc2c3c(c1)-n1c4cc5c(cc4c4cccc(c41)B3c1cc3c(cc1O2)sc1ccccc13)c1cccc2c1n5-c1cccc3c1B2c1cccc2c4ccccc4n-3c12. The van der Waals surface area contributed by atoms with Gasteiger partial charge in [0.15, 0.2) is 0 Å². The molecule has 0 saturated carbocycles. The first-order valence-electron chi connectivity index (χ1n) is 21.2. The number of benzene rings is 9. The molecule has 0 N–H and O–H groups in total. The lowest BCUT2D eigenvalue weighted by atomic mass is 9.34. The van der Waals surface area contributed by atoms with Crippen molar-refractivity contribution in [1.82, 2.24) is 13.7 Å². The molecular formula is C54H27B2N3OS. The molecule has 8 heterocycles. The molecule has 4 aromatic heterocycles. The van der Waals surface area contributed by atoms with Gasteiger partial charge in [0.05, 0.1) is 16.6 Å². The van der Waals surface area contributed by atoms with E-state index in [4.69, 9.17) is 4.74 Å². The highest BCUT2D eigenvalue weighted by atomic mass is 32.1. The Kier molecular flexibility index (Phi) is 5.06. The van der Waals surface area contributed by atoms with E-state index in [2.05, 4.69) is 177 Å². The van der Waals surface area contributed by atoms with Crippen LogP contribution in [0.4, 0.5) is 0 Å². The van der Waals surface area contributed by atoms with Crippen LogP contribution in [0.3, 0.4) is 0 Å². The molecule has 0 atom stereocenters. The molecule has 4 nitrogen and oxygen atoms in total. The molecule has 0 radical (unpaired) electrons. The molecule has 9 aromatic carbocycles. The van der Waals surface area contributed by atoms with E-state index in [1.54, 1.807) is 0 Å². The number of nitrogens with zero attached hydrogens (tertiary/aromatic N) is 3. The molecule has 0 fully saturated rings. The third kappa shape index (κ3) is 3.34. The Labute approximate surface area is 352 Å². The van der Waals surface area contributed by atoms with Crippen LogP contribution in [-0.2, 0) is 0 Å². The average molecular weight is 788 g/mol. The number of fused-ring (bicyclic) bond motifs is 20. The molecule has 4 aliphatic heterocycles. The van der Waals surface area contributed by atoms with Gasteiger partial charge in [-0.2, -0.15) is 0 Å². The molecule has 0 aliphatic carbocycles. The molecule has 0 spiro atoms. The summed E-state index contributed by atoms with van der Waals surface area (Å²) in [6.07, 6.45) is 0. The first-order valence-corrected chi connectivity index (χ1v) is 22.1. The third-order valence-corrected chi connectivity index (χ3v) is 16.0. The van der Waals surface area contributed by atoms with Crippen LogP contribution < -0.4 is 37.5 Å². The van der Waals surface area contributed by atoms with E-state index in [0.29, 0.717) is 0 Å². The second-order valence-electron chi connectivity index (χ2n) is 17.5. The smallest absolute Gasteiger partial charge is 0.256 e. The first kappa shape index (κ1) is 30.6. The van der Waals surface area contributed by atoms with Crippen molar-refractivity contribution in [1.29, 1.82) is 0 Å². The Morgan fingerprint density at radius 2 is 0.885 bits per heavy atom. The minimum absolute atomic E-state index is 0.0580. The highest BCUT2D eigenvalue weighted by Crippen LogP contribution is 2.44. The highest BCUT2D eigenvalue weighted by molar-refractivity contribution is 7.26. The quantitative estimate of drug-likeness (QED) is 0.141. The number of para-hydroxylation sites is 4. The van der Waals surface area contributed by atoms with Gasteiger partial charge in [0.2, 0.25) is 0 Å².